The first kappa shape index (κ1) is 13.2. The maximum absolute atomic E-state index is 4.21. The Morgan fingerprint density at radius 1 is 1.25 bits per heavy atom. The Kier molecular flexibility index (Phi) is 3.79. The fourth-order valence-corrected chi connectivity index (χ4v) is 1.68. The molecule has 0 saturated heterocycles. The summed E-state index contributed by atoms with van der Waals surface area (Å²) in [5, 5.41) is 7.77. The van der Waals surface area contributed by atoms with Gasteiger partial charge in [0.15, 0.2) is 0 Å². The Morgan fingerprint density at radius 3 is 2.31 bits per heavy atom. The fourth-order valence-electron chi connectivity index (χ4n) is 1.68. The van der Waals surface area contributed by atoms with Gasteiger partial charge in [0.05, 0.1) is 6.20 Å². The van der Waals surface area contributed by atoms with Gasteiger partial charge in [0.2, 0.25) is 0 Å². The fraction of sp³-hybridized carbons (Fsp3) is 0.769. The number of hydrogen-bond acceptors (Lipinski definition) is 2. The lowest BCUT2D eigenvalue weighted by Gasteiger charge is -2.30. The minimum Gasteiger partial charge on any atom is -0.312 e. The van der Waals surface area contributed by atoms with E-state index in [1.807, 2.05) is 17.9 Å². The Labute approximate surface area is 99.2 Å². The summed E-state index contributed by atoms with van der Waals surface area (Å²) >= 11 is 0. The molecule has 0 saturated carbocycles. The Balaban J connectivity index is 2.51. The van der Waals surface area contributed by atoms with E-state index >= 15 is 0 Å². The molecule has 3 heteroatoms. The van der Waals surface area contributed by atoms with E-state index in [2.05, 4.69) is 51.2 Å². The molecule has 0 unspecified atom stereocenters. The van der Waals surface area contributed by atoms with E-state index < -0.39 is 0 Å². The summed E-state index contributed by atoms with van der Waals surface area (Å²) < 4.78 is 1.86. The number of nitrogens with one attached hydrogen (secondary N) is 1. The van der Waals surface area contributed by atoms with E-state index in [0.29, 0.717) is 0 Å². The summed E-state index contributed by atoms with van der Waals surface area (Å²) in [6, 6.07) is 0. The molecule has 0 amide bonds. The number of hydrogen-bond donors (Lipinski definition) is 1. The highest BCUT2D eigenvalue weighted by Gasteiger charge is 2.21. The highest BCUT2D eigenvalue weighted by molar-refractivity contribution is 5.06. The van der Waals surface area contributed by atoms with Crippen LogP contribution in [0, 0.1) is 5.41 Å². The highest BCUT2D eigenvalue weighted by Crippen LogP contribution is 2.21. The topological polar surface area (TPSA) is 29.9 Å². The average Bonchev–Trinajstić information content (AvgIpc) is 2.46. The summed E-state index contributed by atoms with van der Waals surface area (Å²) in [5.41, 5.74) is 1.76. The zero-order chi connectivity index (χ0) is 12.4. The number of aryl methyl sites for hydroxylation is 1. The van der Waals surface area contributed by atoms with Gasteiger partial charge in [-0.2, -0.15) is 5.10 Å². The van der Waals surface area contributed by atoms with Crippen LogP contribution in [0.15, 0.2) is 12.4 Å². The van der Waals surface area contributed by atoms with Gasteiger partial charge in [0.25, 0.3) is 0 Å². The average molecular weight is 223 g/mol. The third kappa shape index (κ3) is 4.79. The maximum atomic E-state index is 4.21. The predicted octanol–water partition coefficient (Wildman–Crippen LogP) is 2.38. The lowest BCUT2D eigenvalue weighted by Crippen LogP contribution is -2.42. The van der Waals surface area contributed by atoms with Crippen LogP contribution in [0.25, 0.3) is 0 Å². The van der Waals surface area contributed by atoms with Gasteiger partial charge in [-0.1, -0.05) is 13.8 Å². The molecular formula is C13H25N3. The SMILES string of the molecule is Cn1cc(CC(C)(C)CNC(C)(C)C)cn1. The van der Waals surface area contributed by atoms with Crippen LogP contribution in [0.4, 0.5) is 0 Å². The molecule has 0 aliphatic heterocycles. The molecule has 1 aromatic heterocycles. The zero-order valence-electron chi connectivity index (χ0n) is 11.5. The summed E-state index contributed by atoms with van der Waals surface area (Å²) in [5.74, 6) is 0. The van der Waals surface area contributed by atoms with Gasteiger partial charge in [-0.3, -0.25) is 4.68 Å². The van der Waals surface area contributed by atoms with Crippen molar-refractivity contribution in [2.45, 2.75) is 46.6 Å². The second kappa shape index (κ2) is 4.58. The molecular weight excluding hydrogens is 198 g/mol. The molecule has 1 rings (SSSR count). The molecule has 0 aromatic carbocycles. The predicted molar refractivity (Wildman–Crippen MR) is 68.4 cm³/mol. The van der Waals surface area contributed by atoms with E-state index in [-0.39, 0.29) is 11.0 Å². The minimum absolute atomic E-state index is 0.187. The minimum atomic E-state index is 0.187. The van der Waals surface area contributed by atoms with E-state index in [0.717, 1.165) is 13.0 Å². The molecule has 16 heavy (non-hydrogen) atoms. The second-order valence-electron chi connectivity index (χ2n) is 6.47. The Bertz CT molecular complexity index is 331. The zero-order valence-corrected chi connectivity index (χ0v) is 11.5. The molecule has 3 nitrogen and oxygen atoms in total. The van der Waals surface area contributed by atoms with E-state index in [4.69, 9.17) is 0 Å². The van der Waals surface area contributed by atoms with Crippen molar-refractivity contribution >= 4 is 0 Å². The van der Waals surface area contributed by atoms with Crippen LogP contribution in [0.2, 0.25) is 0 Å². The van der Waals surface area contributed by atoms with Crippen LogP contribution in [0.3, 0.4) is 0 Å². The smallest absolute Gasteiger partial charge is 0.0521 e. The normalized spacial score (nSPS) is 13.1. The summed E-state index contributed by atoms with van der Waals surface area (Å²) in [6.45, 7) is 12.2. The van der Waals surface area contributed by atoms with Crippen molar-refractivity contribution in [3.05, 3.63) is 18.0 Å². The summed E-state index contributed by atoms with van der Waals surface area (Å²) in [4.78, 5) is 0. The quantitative estimate of drug-likeness (QED) is 0.849. The largest absolute Gasteiger partial charge is 0.312 e. The third-order valence-electron chi connectivity index (χ3n) is 2.54. The number of aromatic nitrogens is 2. The Morgan fingerprint density at radius 2 is 1.88 bits per heavy atom. The van der Waals surface area contributed by atoms with Crippen LogP contribution in [0.5, 0.6) is 0 Å². The summed E-state index contributed by atoms with van der Waals surface area (Å²) in [7, 11) is 1.96. The van der Waals surface area contributed by atoms with Gasteiger partial charge in [0, 0.05) is 25.3 Å². The first-order valence-electron chi connectivity index (χ1n) is 5.91. The van der Waals surface area contributed by atoms with Crippen molar-refractivity contribution in [3.63, 3.8) is 0 Å². The molecule has 0 fully saturated rings. The molecule has 0 bridgehead atoms. The van der Waals surface area contributed by atoms with E-state index in [9.17, 15) is 0 Å². The molecule has 0 aliphatic rings. The van der Waals surface area contributed by atoms with Gasteiger partial charge in [-0.15, -0.1) is 0 Å². The van der Waals surface area contributed by atoms with Crippen molar-refractivity contribution in [1.82, 2.24) is 15.1 Å². The van der Waals surface area contributed by atoms with E-state index in [1.165, 1.54) is 5.56 Å². The molecule has 1 heterocycles. The molecule has 92 valence electrons. The molecule has 0 aliphatic carbocycles. The lowest BCUT2D eigenvalue weighted by molar-refractivity contribution is 0.289. The van der Waals surface area contributed by atoms with Crippen LogP contribution >= 0.6 is 0 Å². The highest BCUT2D eigenvalue weighted by atomic mass is 15.2. The van der Waals surface area contributed by atoms with Gasteiger partial charge >= 0.3 is 0 Å². The molecule has 0 radical (unpaired) electrons. The van der Waals surface area contributed by atoms with Crippen molar-refractivity contribution in [1.29, 1.82) is 0 Å². The number of rotatable bonds is 4. The van der Waals surface area contributed by atoms with Crippen LogP contribution in [-0.4, -0.2) is 21.9 Å². The van der Waals surface area contributed by atoms with Gasteiger partial charge in [0.1, 0.15) is 0 Å². The first-order valence-corrected chi connectivity index (χ1v) is 5.91. The van der Waals surface area contributed by atoms with Crippen molar-refractivity contribution in [2.75, 3.05) is 6.54 Å². The first-order chi connectivity index (χ1) is 7.18. The van der Waals surface area contributed by atoms with Crippen LogP contribution in [0.1, 0.15) is 40.2 Å². The lowest BCUT2D eigenvalue weighted by atomic mass is 9.86. The maximum Gasteiger partial charge on any atom is 0.0521 e. The standard InChI is InChI=1S/C13H25N3/c1-12(2,3)14-10-13(4,5)7-11-8-15-16(6)9-11/h8-9,14H,7,10H2,1-6H3. The third-order valence-corrected chi connectivity index (χ3v) is 2.54. The van der Waals surface area contributed by atoms with Crippen molar-refractivity contribution in [3.8, 4) is 0 Å². The number of nitrogens with zero attached hydrogens (tertiary/aromatic N) is 2. The Hall–Kier alpha value is -0.830. The van der Waals surface area contributed by atoms with Crippen LogP contribution in [-0.2, 0) is 13.5 Å². The molecule has 0 atom stereocenters. The van der Waals surface area contributed by atoms with Gasteiger partial charge < -0.3 is 5.32 Å². The monoisotopic (exact) mass is 223 g/mol. The molecule has 1 aromatic rings. The van der Waals surface area contributed by atoms with Gasteiger partial charge in [-0.05, 0) is 38.2 Å². The van der Waals surface area contributed by atoms with Crippen molar-refractivity contribution in [2.24, 2.45) is 12.5 Å². The van der Waals surface area contributed by atoms with E-state index in [1.54, 1.807) is 0 Å². The van der Waals surface area contributed by atoms with Crippen LogP contribution < -0.4 is 5.32 Å². The molecule has 1 N–H and O–H groups in total. The second-order valence-corrected chi connectivity index (χ2v) is 6.47. The summed E-state index contributed by atoms with van der Waals surface area (Å²) in [6.07, 6.45) is 5.11. The van der Waals surface area contributed by atoms with Gasteiger partial charge in [-0.25, -0.2) is 0 Å². The molecule has 0 spiro atoms. The van der Waals surface area contributed by atoms with Crippen molar-refractivity contribution < 1.29 is 0 Å².